The number of aryl methyl sites for hydroxylation is 1. The number of hydrogen-bond acceptors (Lipinski definition) is 6. The molecular formula is C15H23N3O5S. The number of carbonyl (C=O) groups is 1. The third kappa shape index (κ3) is 4.44. The minimum absolute atomic E-state index is 0.0227. The molecule has 1 aliphatic heterocycles. The molecule has 0 radical (unpaired) electrons. The van der Waals surface area contributed by atoms with E-state index < -0.39 is 16.1 Å². The van der Waals surface area contributed by atoms with E-state index in [2.05, 4.69) is 4.72 Å². The molecule has 1 saturated heterocycles. The van der Waals surface area contributed by atoms with E-state index in [1.54, 1.807) is 11.8 Å². The fraction of sp³-hybridized carbons (Fsp3) is 0.533. The molecule has 0 aliphatic carbocycles. The zero-order valence-electron chi connectivity index (χ0n) is 13.6. The van der Waals surface area contributed by atoms with E-state index in [1.165, 1.54) is 18.2 Å². The van der Waals surface area contributed by atoms with Crippen LogP contribution in [0, 0.1) is 6.92 Å². The number of nitrogens with one attached hydrogen (secondary N) is 1. The second kappa shape index (κ2) is 7.93. The normalized spacial score (nSPS) is 18.3. The van der Waals surface area contributed by atoms with E-state index in [4.69, 9.17) is 10.5 Å². The summed E-state index contributed by atoms with van der Waals surface area (Å²) in [5, 5.41) is 9.50. The molecule has 1 atom stereocenters. The van der Waals surface area contributed by atoms with Crippen LogP contribution < -0.4 is 10.5 Å². The van der Waals surface area contributed by atoms with E-state index in [-0.39, 0.29) is 16.6 Å². The first kappa shape index (κ1) is 18.7. The number of sulfonamides is 1. The van der Waals surface area contributed by atoms with Gasteiger partial charge < -0.3 is 20.5 Å². The van der Waals surface area contributed by atoms with Crippen molar-refractivity contribution in [3.05, 3.63) is 23.8 Å². The number of ether oxygens (including phenoxy) is 1. The number of rotatable bonds is 8. The van der Waals surface area contributed by atoms with Crippen LogP contribution in [0.1, 0.15) is 12.0 Å². The second-order valence-corrected chi connectivity index (χ2v) is 7.35. The smallest absolute Gasteiger partial charge is 0.241 e. The predicted octanol–water partition coefficient (Wildman–Crippen LogP) is -0.445. The topological polar surface area (TPSA) is 122 Å². The van der Waals surface area contributed by atoms with Gasteiger partial charge in [0.25, 0.3) is 0 Å². The van der Waals surface area contributed by atoms with E-state index in [0.717, 1.165) is 0 Å². The van der Waals surface area contributed by atoms with Crippen molar-refractivity contribution in [2.24, 2.45) is 5.73 Å². The molecule has 0 unspecified atom stereocenters. The maximum Gasteiger partial charge on any atom is 0.241 e. The first-order valence-corrected chi connectivity index (χ1v) is 9.22. The van der Waals surface area contributed by atoms with Crippen molar-refractivity contribution >= 4 is 15.9 Å². The summed E-state index contributed by atoms with van der Waals surface area (Å²) in [6, 6.07) is 3.22. The number of phenols is 1. The molecule has 0 spiro atoms. The summed E-state index contributed by atoms with van der Waals surface area (Å²) >= 11 is 0. The maximum atomic E-state index is 12.4. The second-order valence-electron chi connectivity index (χ2n) is 5.64. The Balaban J connectivity index is 1.97. The Morgan fingerprint density at radius 1 is 1.42 bits per heavy atom. The van der Waals surface area contributed by atoms with Crippen molar-refractivity contribution in [2.75, 3.05) is 32.8 Å². The molecule has 9 heteroatoms. The average molecular weight is 357 g/mol. The standard InChI is InChI=1S/C15H23N3O5S/c1-11-10-12(2-3-14(11)19)24(21,22)17-13-4-6-18(15(13)20)7-9-23-8-5-16/h2-3,10,13,17,19H,4-9,16H2,1H3/t13-/m0/s1. The highest BCUT2D eigenvalue weighted by atomic mass is 32.2. The zero-order valence-corrected chi connectivity index (χ0v) is 14.4. The van der Waals surface area contributed by atoms with Gasteiger partial charge in [-0.2, -0.15) is 4.72 Å². The van der Waals surface area contributed by atoms with Crippen LogP contribution in [-0.2, 0) is 19.6 Å². The SMILES string of the molecule is Cc1cc(S(=O)(=O)N[C@H]2CCN(CCOCCN)C2=O)ccc1O. The molecule has 1 aromatic carbocycles. The van der Waals surface area contributed by atoms with Gasteiger partial charge in [0.05, 0.1) is 18.1 Å². The largest absolute Gasteiger partial charge is 0.508 e. The summed E-state index contributed by atoms with van der Waals surface area (Å²) in [7, 11) is -3.82. The molecule has 4 N–H and O–H groups in total. The molecule has 1 fully saturated rings. The van der Waals surface area contributed by atoms with Crippen LogP contribution in [0.3, 0.4) is 0 Å². The molecular weight excluding hydrogens is 334 g/mol. The Morgan fingerprint density at radius 3 is 2.83 bits per heavy atom. The molecule has 0 saturated carbocycles. The van der Waals surface area contributed by atoms with Crippen molar-refractivity contribution in [1.29, 1.82) is 0 Å². The Morgan fingerprint density at radius 2 is 2.17 bits per heavy atom. The Labute approximate surface area is 141 Å². The Kier molecular flexibility index (Phi) is 6.16. The molecule has 1 aliphatic rings. The summed E-state index contributed by atoms with van der Waals surface area (Å²) in [4.78, 5) is 13.9. The van der Waals surface area contributed by atoms with E-state index in [1.807, 2.05) is 0 Å². The number of aromatic hydroxyl groups is 1. The quantitative estimate of drug-likeness (QED) is 0.542. The predicted molar refractivity (Wildman–Crippen MR) is 88.0 cm³/mol. The van der Waals surface area contributed by atoms with Crippen LogP contribution in [0.15, 0.2) is 23.1 Å². The lowest BCUT2D eigenvalue weighted by atomic mass is 10.2. The van der Waals surface area contributed by atoms with Crippen molar-refractivity contribution in [1.82, 2.24) is 9.62 Å². The molecule has 0 bridgehead atoms. The first-order chi connectivity index (χ1) is 11.3. The fourth-order valence-corrected chi connectivity index (χ4v) is 3.79. The lowest BCUT2D eigenvalue weighted by Crippen LogP contribution is -2.42. The molecule has 8 nitrogen and oxygen atoms in total. The molecule has 1 aromatic rings. The summed E-state index contributed by atoms with van der Waals surface area (Å²) in [6.07, 6.45) is 0.409. The summed E-state index contributed by atoms with van der Waals surface area (Å²) in [5.74, 6) is -0.236. The van der Waals surface area contributed by atoms with Crippen molar-refractivity contribution in [2.45, 2.75) is 24.3 Å². The van der Waals surface area contributed by atoms with Crippen LogP contribution >= 0.6 is 0 Å². The summed E-state index contributed by atoms with van der Waals surface area (Å²) < 4.78 is 32.5. The van der Waals surface area contributed by atoms with Crippen LogP contribution in [0.2, 0.25) is 0 Å². The molecule has 1 amide bonds. The minimum atomic E-state index is -3.82. The van der Waals surface area contributed by atoms with Crippen LogP contribution in [0.5, 0.6) is 5.75 Å². The highest BCUT2D eigenvalue weighted by Gasteiger charge is 2.34. The molecule has 1 heterocycles. The minimum Gasteiger partial charge on any atom is -0.508 e. The van der Waals surface area contributed by atoms with Crippen molar-refractivity contribution in [3.8, 4) is 5.75 Å². The molecule has 0 aromatic heterocycles. The van der Waals surface area contributed by atoms with E-state index >= 15 is 0 Å². The van der Waals surface area contributed by atoms with Crippen molar-refractivity contribution in [3.63, 3.8) is 0 Å². The van der Waals surface area contributed by atoms with Gasteiger partial charge in [0.1, 0.15) is 11.8 Å². The lowest BCUT2D eigenvalue weighted by molar-refractivity contribution is -0.129. The van der Waals surface area contributed by atoms with Gasteiger partial charge in [0.15, 0.2) is 0 Å². The number of carbonyl (C=O) groups excluding carboxylic acids is 1. The average Bonchev–Trinajstić information content (AvgIpc) is 2.86. The summed E-state index contributed by atoms with van der Waals surface area (Å²) in [6.45, 7) is 3.72. The van der Waals surface area contributed by atoms with Gasteiger partial charge >= 0.3 is 0 Å². The third-order valence-corrected chi connectivity index (χ3v) is 5.31. The van der Waals surface area contributed by atoms with Gasteiger partial charge in [-0.1, -0.05) is 0 Å². The van der Waals surface area contributed by atoms with Gasteiger partial charge in [-0.25, -0.2) is 8.42 Å². The number of amides is 1. The van der Waals surface area contributed by atoms with Gasteiger partial charge in [-0.15, -0.1) is 0 Å². The highest BCUT2D eigenvalue weighted by molar-refractivity contribution is 7.89. The number of likely N-dealkylation sites (tertiary alicyclic amines) is 1. The monoisotopic (exact) mass is 357 g/mol. The number of phenolic OH excluding ortho intramolecular Hbond substituents is 1. The zero-order chi connectivity index (χ0) is 17.7. The van der Waals surface area contributed by atoms with Crippen LogP contribution in [0.25, 0.3) is 0 Å². The Bertz CT molecular complexity index is 692. The van der Waals surface area contributed by atoms with Gasteiger partial charge in [-0.05, 0) is 37.1 Å². The van der Waals surface area contributed by atoms with Crippen LogP contribution in [0.4, 0.5) is 0 Å². The number of hydrogen-bond donors (Lipinski definition) is 3. The van der Waals surface area contributed by atoms with Gasteiger partial charge in [-0.3, -0.25) is 4.79 Å². The molecule has 2 rings (SSSR count). The first-order valence-electron chi connectivity index (χ1n) is 7.73. The van der Waals surface area contributed by atoms with Crippen LogP contribution in [-0.4, -0.2) is 63.2 Å². The molecule has 24 heavy (non-hydrogen) atoms. The van der Waals surface area contributed by atoms with Gasteiger partial charge in [0.2, 0.25) is 15.9 Å². The Hall–Kier alpha value is -1.68. The number of nitrogens with zero attached hydrogens (tertiary/aromatic N) is 1. The summed E-state index contributed by atoms with van der Waals surface area (Å²) in [5.41, 5.74) is 5.77. The van der Waals surface area contributed by atoms with E-state index in [9.17, 15) is 18.3 Å². The van der Waals surface area contributed by atoms with Crippen molar-refractivity contribution < 1.29 is 23.1 Å². The fourth-order valence-electron chi connectivity index (χ4n) is 2.48. The lowest BCUT2D eigenvalue weighted by Gasteiger charge is -2.17. The van der Waals surface area contributed by atoms with E-state index in [0.29, 0.717) is 44.8 Å². The third-order valence-electron chi connectivity index (χ3n) is 3.84. The maximum absolute atomic E-state index is 12.4. The highest BCUT2D eigenvalue weighted by Crippen LogP contribution is 2.21. The molecule has 134 valence electrons. The van der Waals surface area contributed by atoms with Gasteiger partial charge in [0, 0.05) is 19.6 Å². The number of benzene rings is 1. The number of nitrogens with two attached hydrogens (primary N) is 1.